The van der Waals surface area contributed by atoms with E-state index in [-0.39, 0.29) is 0 Å². The van der Waals surface area contributed by atoms with E-state index in [1.165, 1.54) is 6.33 Å². The van der Waals surface area contributed by atoms with Crippen LogP contribution in [0.15, 0.2) is 36.2 Å². The van der Waals surface area contributed by atoms with Gasteiger partial charge in [0.05, 0.1) is 11.7 Å². The monoisotopic (exact) mass is 403 g/mol. The first-order valence-corrected chi connectivity index (χ1v) is 9.93. The van der Waals surface area contributed by atoms with Crippen molar-refractivity contribution >= 4 is 28.8 Å². The lowest BCUT2D eigenvalue weighted by atomic mass is 9.94. The van der Waals surface area contributed by atoms with Gasteiger partial charge in [-0.1, -0.05) is 43.2 Å². The molecule has 1 atom stereocenters. The van der Waals surface area contributed by atoms with E-state index in [4.69, 9.17) is 17.3 Å². The summed E-state index contributed by atoms with van der Waals surface area (Å²) in [5.74, 6) is 0.999. The first-order valence-electron chi connectivity index (χ1n) is 9.55. The van der Waals surface area contributed by atoms with Gasteiger partial charge in [-0.15, -0.1) is 0 Å². The Bertz CT molecular complexity index is 799. The number of hydrogen-bond donors (Lipinski definition) is 3. The van der Waals surface area contributed by atoms with Gasteiger partial charge in [-0.05, 0) is 50.2 Å². The standard InChI is InChI=1S/C21H30ClN5O/c1-5-27(6-2)12-17(28)11-24-21-19(20(23)25-13-26-21)18(14(3)4)15-7-9-16(22)10-8-15/h7-10,13,17,28H,5-6,11-12H2,1-4H3,(H3,23,24,25,26). The fourth-order valence-electron chi connectivity index (χ4n) is 3.14. The molecule has 0 amide bonds. The summed E-state index contributed by atoms with van der Waals surface area (Å²) in [5.41, 5.74) is 9.99. The van der Waals surface area contributed by atoms with E-state index in [1.54, 1.807) is 0 Å². The second-order valence-electron chi connectivity index (χ2n) is 6.88. The zero-order chi connectivity index (χ0) is 20.7. The number of anilines is 2. The first kappa shape index (κ1) is 22.1. The van der Waals surface area contributed by atoms with Crippen LogP contribution in [0.2, 0.25) is 5.02 Å². The third kappa shape index (κ3) is 5.67. The van der Waals surface area contributed by atoms with Crippen molar-refractivity contribution in [3.05, 3.63) is 52.3 Å². The largest absolute Gasteiger partial charge is 0.390 e. The summed E-state index contributed by atoms with van der Waals surface area (Å²) in [6, 6.07) is 7.60. The Morgan fingerprint density at radius 3 is 2.39 bits per heavy atom. The zero-order valence-electron chi connectivity index (χ0n) is 17.0. The smallest absolute Gasteiger partial charge is 0.139 e. The van der Waals surface area contributed by atoms with Crippen LogP contribution in [0, 0.1) is 0 Å². The van der Waals surface area contributed by atoms with E-state index in [9.17, 15) is 5.11 Å². The van der Waals surface area contributed by atoms with Gasteiger partial charge in [0.1, 0.15) is 18.0 Å². The SMILES string of the molecule is CCN(CC)CC(O)CNc1ncnc(N)c1C(=C(C)C)c1ccc(Cl)cc1. The van der Waals surface area contributed by atoms with Gasteiger partial charge in [0, 0.05) is 18.1 Å². The van der Waals surface area contributed by atoms with Gasteiger partial charge in [0.25, 0.3) is 0 Å². The van der Waals surface area contributed by atoms with Crippen LogP contribution in [0.3, 0.4) is 0 Å². The minimum Gasteiger partial charge on any atom is -0.390 e. The molecule has 4 N–H and O–H groups in total. The fraction of sp³-hybridized carbons (Fsp3) is 0.429. The predicted octanol–water partition coefficient (Wildman–Crippen LogP) is 3.67. The summed E-state index contributed by atoms with van der Waals surface area (Å²) in [4.78, 5) is 10.8. The first-order chi connectivity index (χ1) is 13.4. The van der Waals surface area contributed by atoms with Crippen LogP contribution in [-0.4, -0.2) is 52.3 Å². The second kappa shape index (κ2) is 10.4. The third-order valence-electron chi connectivity index (χ3n) is 4.63. The third-order valence-corrected chi connectivity index (χ3v) is 4.88. The van der Waals surface area contributed by atoms with Crippen molar-refractivity contribution in [3.63, 3.8) is 0 Å². The summed E-state index contributed by atoms with van der Waals surface area (Å²) in [6.45, 7) is 11.0. The number of aromatic nitrogens is 2. The van der Waals surface area contributed by atoms with E-state index in [0.29, 0.717) is 29.7 Å². The molecule has 6 nitrogen and oxygen atoms in total. The number of nitrogens with two attached hydrogens (primary N) is 1. The van der Waals surface area contributed by atoms with Gasteiger partial charge in [-0.2, -0.15) is 0 Å². The Kier molecular flexibility index (Phi) is 8.23. The average Bonchev–Trinajstić information content (AvgIpc) is 2.67. The van der Waals surface area contributed by atoms with Crippen molar-refractivity contribution in [1.82, 2.24) is 14.9 Å². The van der Waals surface area contributed by atoms with E-state index in [2.05, 4.69) is 34.0 Å². The number of likely N-dealkylation sites (N-methyl/N-ethyl adjacent to an activating group) is 1. The van der Waals surface area contributed by atoms with Crippen LogP contribution in [0.4, 0.5) is 11.6 Å². The van der Waals surface area contributed by atoms with Crippen LogP contribution < -0.4 is 11.1 Å². The van der Waals surface area contributed by atoms with Crippen molar-refractivity contribution in [2.24, 2.45) is 0 Å². The Labute approximate surface area is 172 Å². The molecular weight excluding hydrogens is 374 g/mol. The quantitative estimate of drug-likeness (QED) is 0.592. The Balaban J connectivity index is 2.32. The normalized spacial score (nSPS) is 12.1. The van der Waals surface area contributed by atoms with Crippen LogP contribution in [0.25, 0.3) is 5.57 Å². The molecule has 1 unspecified atom stereocenters. The molecule has 28 heavy (non-hydrogen) atoms. The van der Waals surface area contributed by atoms with Gasteiger partial charge in [-0.3, -0.25) is 0 Å². The minimum absolute atomic E-state index is 0.372. The maximum atomic E-state index is 10.4. The molecule has 0 radical (unpaired) electrons. The highest BCUT2D eigenvalue weighted by atomic mass is 35.5. The molecule has 0 spiro atoms. The minimum atomic E-state index is -0.519. The van der Waals surface area contributed by atoms with Crippen molar-refractivity contribution < 1.29 is 5.11 Å². The molecule has 7 heteroatoms. The van der Waals surface area contributed by atoms with Gasteiger partial charge >= 0.3 is 0 Å². The molecule has 1 heterocycles. The molecule has 152 valence electrons. The Morgan fingerprint density at radius 1 is 1.18 bits per heavy atom. The lowest BCUT2D eigenvalue weighted by molar-refractivity contribution is 0.128. The topological polar surface area (TPSA) is 87.3 Å². The van der Waals surface area contributed by atoms with Crippen LogP contribution in [-0.2, 0) is 0 Å². The van der Waals surface area contributed by atoms with E-state index in [0.717, 1.165) is 35.4 Å². The number of nitrogens with zero attached hydrogens (tertiary/aromatic N) is 3. The number of nitrogen functional groups attached to an aromatic ring is 1. The summed E-state index contributed by atoms with van der Waals surface area (Å²) < 4.78 is 0. The molecular formula is C21H30ClN5O. The Hall–Kier alpha value is -2.15. The van der Waals surface area contributed by atoms with Crippen molar-refractivity contribution in [1.29, 1.82) is 0 Å². The molecule has 0 aliphatic carbocycles. The van der Waals surface area contributed by atoms with Gasteiger partial charge < -0.3 is 21.1 Å². The van der Waals surface area contributed by atoms with Crippen molar-refractivity contribution in [3.8, 4) is 0 Å². The number of nitrogens with one attached hydrogen (secondary N) is 1. The van der Waals surface area contributed by atoms with E-state index < -0.39 is 6.10 Å². The molecule has 0 fully saturated rings. The molecule has 1 aromatic heterocycles. The highest BCUT2D eigenvalue weighted by Crippen LogP contribution is 2.34. The molecule has 2 aromatic rings. The van der Waals surface area contributed by atoms with Gasteiger partial charge in [-0.25, -0.2) is 9.97 Å². The molecule has 2 rings (SSSR count). The highest BCUT2D eigenvalue weighted by molar-refractivity contribution is 6.30. The summed E-state index contributed by atoms with van der Waals surface area (Å²) in [5, 5.41) is 14.3. The van der Waals surface area contributed by atoms with Crippen molar-refractivity contribution in [2.45, 2.75) is 33.8 Å². The average molecular weight is 404 g/mol. The number of rotatable bonds is 9. The molecule has 0 aliphatic rings. The molecule has 0 aliphatic heterocycles. The fourth-order valence-corrected chi connectivity index (χ4v) is 3.26. The Morgan fingerprint density at radius 2 is 1.82 bits per heavy atom. The summed E-state index contributed by atoms with van der Waals surface area (Å²) in [6.07, 6.45) is 0.914. The van der Waals surface area contributed by atoms with Crippen LogP contribution in [0.1, 0.15) is 38.8 Å². The summed E-state index contributed by atoms with van der Waals surface area (Å²) >= 11 is 6.04. The maximum absolute atomic E-state index is 10.4. The number of benzene rings is 1. The molecule has 0 bridgehead atoms. The van der Waals surface area contributed by atoms with E-state index >= 15 is 0 Å². The number of hydrogen-bond acceptors (Lipinski definition) is 6. The predicted molar refractivity (Wildman–Crippen MR) is 118 cm³/mol. The summed E-state index contributed by atoms with van der Waals surface area (Å²) in [7, 11) is 0. The zero-order valence-corrected chi connectivity index (χ0v) is 17.8. The lowest BCUT2D eigenvalue weighted by Crippen LogP contribution is -2.36. The highest BCUT2D eigenvalue weighted by Gasteiger charge is 2.18. The second-order valence-corrected chi connectivity index (χ2v) is 7.32. The molecule has 0 saturated carbocycles. The van der Waals surface area contributed by atoms with Gasteiger partial charge in [0.2, 0.25) is 0 Å². The van der Waals surface area contributed by atoms with Crippen LogP contribution in [0.5, 0.6) is 0 Å². The molecule has 0 saturated heterocycles. The number of aliphatic hydroxyl groups excluding tert-OH is 1. The number of aliphatic hydroxyl groups is 1. The van der Waals surface area contributed by atoms with E-state index in [1.807, 2.05) is 38.1 Å². The van der Waals surface area contributed by atoms with Crippen molar-refractivity contribution in [2.75, 3.05) is 37.2 Å². The lowest BCUT2D eigenvalue weighted by Gasteiger charge is -2.23. The molecule has 1 aromatic carbocycles. The van der Waals surface area contributed by atoms with Crippen LogP contribution >= 0.6 is 11.6 Å². The maximum Gasteiger partial charge on any atom is 0.139 e. The number of halogens is 1. The van der Waals surface area contributed by atoms with Gasteiger partial charge in [0.15, 0.2) is 0 Å². The number of allylic oxidation sites excluding steroid dienone is 1.